The normalized spacial score (nSPS) is 13.4. The summed E-state index contributed by atoms with van der Waals surface area (Å²) >= 11 is 0. The third-order valence-corrected chi connectivity index (χ3v) is 3.65. The van der Waals surface area contributed by atoms with Crippen LogP contribution in [0.15, 0.2) is 36.4 Å². The number of benzene rings is 2. The molecule has 3 amide bonds. The van der Waals surface area contributed by atoms with E-state index in [0.717, 1.165) is 10.3 Å². The molecule has 0 unspecified atom stereocenters. The molecule has 0 radical (unpaired) electrons. The fraction of sp³-hybridized carbons (Fsp3) is 0.188. The molecule has 0 aromatic heterocycles. The van der Waals surface area contributed by atoms with Gasteiger partial charge in [-0.15, -0.1) is 0 Å². The molecule has 0 aliphatic carbocycles. The molecule has 0 atom stereocenters. The summed E-state index contributed by atoms with van der Waals surface area (Å²) in [6.45, 7) is 0.236. The first-order chi connectivity index (χ1) is 10.6. The lowest BCUT2D eigenvalue weighted by atomic mass is 9.94. The van der Waals surface area contributed by atoms with E-state index in [2.05, 4.69) is 10.1 Å². The summed E-state index contributed by atoms with van der Waals surface area (Å²) in [6.07, 6.45) is -0.598. The zero-order valence-corrected chi connectivity index (χ0v) is 12.0. The Kier molecular flexibility index (Phi) is 3.50. The molecule has 6 heteroatoms. The molecule has 2 aromatic rings. The van der Waals surface area contributed by atoms with Crippen LogP contribution in [0, 0.1) is 0 Å². The van der Waals surface area contributed by atoms with E-state index in [0.29, 0.717) is 16.5 Å². The van der Waals surface area contributed by atoms with E-state index >= 15 is 0 Å². The Hall–Kier alpha value is -2.89. The van der Waals surface area contributed by atoms with Gasteiger partial charge in [-0.1, -0.05) is 24.3 Å². The predicted molar refractivity (Wildman–Crippen MR) is 79.7 cm³/mol. The lowest BCUT2D eigenvalue weighted by molar-refractivity contribution is 0.0610. The number of carbonyl (C=O) groups excluding carboxylic acids is 3. The maximum absolute atomic E-state index is 12.5. The standard InChI is InChI=1S/C16H14N2O4/c1-22-16(21)17-8-9-18-14(19)11-6-2-4-10-5-3-7-12(13(10)11)15(18)20/h2-7H,8-9H2,1H3,(H,17,21). The quantitative estimate of drug-likeness (QED) is 0.877. The summed E-state index contributed by atoms with van der Waals surface area (Å²) < 4.78 is 4.46. The molecule has 2 aromatic carbocycles. The van der Waals surface area contributed by atoms with E-state index in [1.165, 1.54) is 7.11 Å². The van der Waals surface area contributed by atoms with E-state index in [1.807, 2.05) is 12.1 Å². The van der Waals surface area contributed by atoms with Crippen molar-refractivity contribution in [2.45, 2.75) is 0 Å². The van der Waals surface area contributed by atoms with Gasteiger partial charge in [0.2, 0.25) is 0 Å². The van der Waals surface area contributed by atoms with Crippen LogP contribution in [-0.2, 0) is 4.74 Å². The Balaban J connectivity index is 1.92. The van der Waals surface area contributed by atoms with Gasteiger partial charge in [-0.2, -0.15) is 0 Å². The van der Waals surface area contributed by atoms with Gasteiger partial charge >= 0.3 is 6.09 Å². The van der Waals surface area contributed by atoms with Crippen LogP contribution in [0.3, 0.4) is 0 Å². The monoisotopic (exact) mass is 298 g/mol. The van der Waals surface area contributed by atoms with Crippen molar-refractivity contribution < 1.29 is 19.1 Å². The van der Waals surface area contributed by atoms with Crippen molar-refractivity contribution in [3.63, 3.8) is 0 Å². The second kappa shape index (κ2) is 5.48. The third-order valence-electron chi connectivity index (χ3n) is 3.65. The van der Waals surface area contributed by atoms with Crippen molar-refractivity contribution >= 4 is 28.7 Å². The van der Waals surface area contributed by atoms with Crippen LogP contribution in [0.5, 0.6) is 0 Å². The highest BCUT2D eigenvalue weighted by Crippen LogP contribution is 2.29. The van der Waals surface area contributed by atoms with Crippen molar-refractivity contribution in [3.05, 3.63) is 47.5 Å². The van der Waals surface area contributed by atoms with Gasteiger partial charge in [-0.3, -0.25) is 14.5 Å². The molecule has 112 valence electrons. The lowest BCUT2D eigenvalue weighted by Gasteiger charge is -2.27. The van der Waals surface area contributed by atoms with Gasteiger partial charge in [0.05, 0.1) is 7.11 Å². The molecule has 0 saturated carbocycles. The van der Waals surface area contributed by atoms with Gasteiger partial charge in [0.1, 0.15) is 0 Å². The van der Waals surface area contributed by atoms with Crippen molar-refractivity contribution in [1.82, 2.24) is 10.2 Å². The summed E-state index contributed by atoms with van der Waals surface area (Å²) in [5, 5.41) is 4.02. The molecule has 1 heterocycles. The van der Waals surface area contributed by atoms with Crippen LogP contribution in [0.2, 0.25) is 0 Å². The molecule has 1 aliphatic heterocycles. The van der Waals surface area contributed by atoms with Gasteiger partial charge < -0.3 is 10.1 Å². The minimum atomic E-state index is -0.598. The smallest absolute Gasteiger partial charge is 0.406 e. The van der Waals surface area contributed by atoms with E-state index < -0.39 is 6.09 Å². The average molecular weight is 298 g/mol. The van der Waals surface area contributed by atoms with E-state index in [-0.39, 0.29) is 24.9 Å². The van der Waals surface area contributed by atoms with Crippen LogP contribution in [0.1, 0.15) is 20.7 Å². The topological polar surface area (TPSA) is 75.7 Å². The summed E-state index contributed by atoms with van der Waals surface area (Å²) in [5.41, 5.74) is 1.01. The Bertz CT molecular complexity index is 734. The highest BCUT2D eigenvalue weighted by atomic mass is 16.5. The predicted octanol–water partition coefficient (Wildman–Crippen LogP) is 1.79. The van der Waals surface area contributed by atoms with Gasteiger partial charge in [-0.05, 0) is 17.5 Å². The highest BCUT2D eigenvalue weighted by Gasteiger charge is 2.32. The first kappa shape index (κ1) is 14.1. The maximum Gasteiger partial charge on any atom is 0.406 e. The van der Waals surface area contributed by atoms with Crippen molar-refractivity contribution in [2.24, 2.45) is 0 Å². The van der Waals surface area contributed by atoms with Crippen molar-refractivity contribution in [2.75, 3.05) is 20.2 Å². The molecular formula is C16H14N2O4. The first-order valence-corrected chi connectivity index (χ1v) is 6.83. The van der Waals surface area contributed by atoms with Crippen LogP contribution in [0.4, 0.5) is 4.79 Å². The summed E-state index contributed by atoms with van der Waals surface area (Å²) in [7, 11) is 1.25. The van der Waals surface area contributed by atoms with Crippen molar-refractivity contribution in [3.8, 4) is 0 Å². The minimum Gasteiger partial charge on any atom is -0.453 e. The number of rotatable bonds is 3. The van der Waals surface area contributed by atoms with E-state index in [1.54, 1.807) is 24.3 Å². The molecule has 1 aliphatic rings. The molecule has 3 rings (SSSR count). The fourth-order valence-corrected chi connectivity index (χ4v) is 2.63. The van der Waals surface area contributed by atoms with E-state index in [4.69, 9.17) is 0 Å². The molecule has 6 nitrogen and oxygen atoms in total. The van der Waals surface area contributed by atoms with Crippen LogP contribution < -0.4 is 5.32 Å². The lowest BCUT2D eigenvalue weighted by Crippen LogP contribution is -2.44. The number of carbonyl (C=O) groups is 3. The highest BCUT2D eigenvalue weighted by molar-refractivity contribution is 6.25. The Morgan fingerprint density at radius 3 is 2.23 bits per heavy atom. The number of nitrogens with zero attached hydrogens (tertiary/aromatic N) is 1. The number of hydrogen-bond acceptors (Lipinski definition) is 4. The zero-order chi connectivity index (χ0) is 15.7. The van der Waals surface area contributed by atoms with Gasteiger partial charge in [-0.25, -0.2) is 4.79 Å². The summed E-state index contributed by atoms with van der Waals surface area (Å²) in [6, 6.07) is 10.7. The largest absolute Gasteiger partial charge is 0.453 e. The van der Waals surface area contributed by atoms with Gasteiger partial charge in [0.15, 0.2) is 0 Å². The molecule has 0 bridgehead atoms. The molecule has 0 spiro atoms. The molecule has 1 N–H and O–H groups in total. The minimum absolute atomic E-state index is 0.0947. The summed E-state index contributed by atoms with van der Waals surface area (Å²) in [4.78, 5) is 37.2. The van der Waals surface area contributed by atoms with Crippen LogP contribution >= 0.6 is 0 Å². The number of methoxy groups -OCH3 is 1. The second-order valence-electron chi connectivity index (χ2n) is 4.89. The number of nitrogens with one attached hydrogen (secondary N) is 1. The number of hydrogen-bond donors (Lipinski definition) is 1. The maximum atomic E-state index is 12.5. The Labute approximate surface area is 126 Å². The zero-order valence-electron chi connectivity index (χ0n) is 12.0. The molecule has 22 heavy (non-hydrogen) atoms. The molecular weight excluding hydrogens is 284 g/mol. The van der Waals surface area contributed by atoms with Gasteiger partial charge in [0.25, 0.3) is 11.8 Å². The average Bonchev–Trinajstić information content (AvgIpc) is 2.55. The number of amides is 3. The summed E-state index contributed by atoms with van der Waals surface area (Å²) in [5.74, 6) is -0.693. The van der Waals surface area contributed by atoms with Gasteiger partial charge in [0, 0.05) is 29.6 Å². The Morgan fingerprint density at radius 1 is 1.09 bits per heavy atom. The molecule has 0 saturated heterocycles. The van der Waals surface area contributed by atoms with Crippen molar-refractivity contribution in [1.29, 1.82) is 0 Å². The Morgan fingerprint density at radius 2 is 1.68 bits per heavy atom. The second-order valence-corrected chi connectivity index (χ2v) is 4.89. The van der Waals surface area contributed by atoms with E-state index in [9.17, 15) is 14.4 Å². The SMILES string of the molecule is COC(=O)NCCN1C(=O)c2cccc3cccc(c23)C1=O. The molecule has 0 fully saturated rings. The van der Waals surface area contributed by atoms with Crippen LogP contribution in [-0.4, -0.2) is 43.0 Å². The number of alkyl carbamates (subject to hydrolysis) is 1. The number of imide groups is 1. The third kappa shape index (κ3) is 2.18. The first-order valence-electron chi connectivity index (χ1n) is 6.83. The van der Waals surface area contributed by atoms with Crippen LogP contribution in [0.25, 0.3) is 10.8 Å². The number of ether oxygens (including phenoxy) is 1. The fourth-order valence-electron chi connectivity index (χ4n) is 2.63.